The highest BCUT2D eigenvalue weighted by Gasteiger charge is 2.11. The molecule has 0 aliphatic carbocycles. The molecule has 1 N–H and O–H groups in total. The maximum Gasteiger partial charge on any atom is 0.357 e. The van der Waals surface area contributed by atoms with Gasteiger partial charge in [0.25, 0.3) is 0 Å². The van der Waals surface area contributed by atoms with Gasteiger partial charge in [-0.25, -0.2) is 9.78 Å². The Hall–Kier alpha value is -2.10. The molecule has 0 spiro atoms. The number of carboxylic acid groups (broad SMARTS) is 1. The number of oxazole rings is 1. The number of aromatic carboxylic acids is 1. The molecule has 0 saturated carbocycles. The highest BCUT2D eigenvalue weighted by molar-refractivity contribution is 5.85. The van der Waals surface area contributed by atoms with Gasteiger partial charge in [-0.3, -0.25) is 0 Å². The highest BCUT2D eigenvalue weighted by atomic mass is 16.4. The molecule has 1 aromatic heterocycles. The molecule has 1 aromatic carbocycles. The minimum absolute atomic E-state index is 0.0773. The first-order chi connectivity index (χ1) is 7.16. The van der Waals surface area contributed by atoms with Gasteiger partial charge in [0.2, 0.25) is 5.89 Å². The van der Waals surface area contributed by atoms with Crippen molar-refractivity contribution in [2.45, 2.75) is 6.92 Å². The van der Waals surface area contributed by atoms with Crippen molar-refractivity contribution in [2.24, 2.45) is 0 Å². The molecule has 0 atom stereocenters. The van der Waals surface area contributed by atoms with Crippen LogP contribution in [0.2, 0.25) is 0 Å². The Morgan fingerprint density at radius 1 is 1.47 bits per heavy atom. The van der Waals surface area contributed by atoms with Crippen molar-refractivity contribution in [1.29, 1.82) is 0 Å². The zero-order valence-corrected chi connectivity index (χ0v) is 8.10. The summed E-state index contributed by atoms with van der Waals surface area (Å²) in [6.07, 6.45) is 1.14. The van der Waals surface area contributed by atoms with Crippen LogP contribution >= 0.6 is 0 Å². The molecule has 0 aliphatic rings. The number of hydrogen-bond acceptors (Lipinski definition) is 3. The molecule has 0 amide bonds. The third-order valence-electron chi connectivity index (χ3n) is 1.99. The van der Waals surface area contributed by atoms with Crippen LogP contribution in [0, 0.1) is 6.92 Å². The van der Waals surface area contributed by atoms with Crippen LogP contribution < -0.4 is 0 Å². The number of aromatic nitrogens is 1. The van der Waals surface area contributed by atoms with E-state index in [2.05, 4.69) is 4.98 Å². The van der Waals surface area contributed by atoms with E-state index in [9.17, 15) is 4.79 Å². The Balaban J connectivity index is 2.41. The van der Waals surface area contributed by atoms with Crippen LogP contribution in [0.3, 0.4) is 0 Å². The maximum absolute atomic E-state index is 10.6. The highest BCUT2D eigenvalue weighted by Crippen LogP contribution is 2.19. The lowest BCUT2D eigenvalue weighted by Crippen LogP contribution is -1.95. The van der Waals surface area contributed by atoms with Gasteiger partial charge < -0.3 is 9.52 Å². The fourth-order valence-corrected chi connectivity index (χ4v) is 1.28. The Morgan fingerprint density at radius 2 is 2.27 bits per heavy atom. The van der Waals surface area contributed by atoms with Crippen LogP contribution in [0.5, 0.6) is 0 Å². The SMILES string of the molecule is Cc1cccc(-c2nc(C(=O)O)co2)c1. The second-order valence-corrected chi connectivity index (χ2v) is 3.21. The second-order valence-electron chi connectivity index (χ2n) is 3.21. The average molecular weight is 203 g/mol. The fourth-order valence-electron chi connectivity index (χ4n) is 1.28. The van der Waals surface area contributed by atoms with Gasteiger partial charge in [0, 0.05) is 5.56 Å². The van der Waals surface area contributed by atoms with E-state index in [0.717, 1.165) is 17.4 Å². The van der Waals surface area contributed by atoms with Crippen LogP contribution in [-0.4, -0.2) is 16.1 Å². The Bertz CT molecular complexity index is 502. The number of hydrogen-bond donors (Lipinski definition) is 1. The van der Waals surface area contributed by atoms with E-state index in [0.29, 0.717) is 5.89 Å². The van der Waals surface area contributed by atoms with Gasteiger partial charge in [0.1, 0.15) is 6.26 Å². The molecule has 0 fully saturated rings. The number of carbonyl (C=O) groups is 1. The zero-order chi connectivity index (χ0) is 10.8. The normalized spacial score (nSPS) is 10.2. The van der Waals surface area contributed by atoms with Crippen molar-refractivity contribution >= 4 is 5.97 Å². The molecule has 2 aromatic rings. The summed E-state index contributed by atoms with van der Waals surface area (Å²) in [6, 6.07) is 7.53. The molecule has 0 unspecified atom stereocenters. The third kappa shape index (κ3) is 1.88. The third-order valence-corrected chi connectivity index (χ3v) is 1.99. The van der Waals surface area contributed by atoms with Gasteiger partial charge in [-0.1, -0.05) is 17.7 Å². The second kappa shape index (κ2) is 3.57. The van der Waals surface area contributed by atoms with Gasteiger partial charge in [-0.2, -0.15) is 0 Å². The summed E-state index contributed by atoms with van der Waals surface area (Å²) in [5.74, 6) is -0.756. The number of nitrogens with zero attached hydrogens (tertiary/aromatic N) is 1. The summed E-state index contributed by atoms with van der Waals surface area (Å²) >= 11 is 0. The standard InChI is InChI=1S/C11H9NO3/c1-7-3-2-4-8(5-7)10-12-9(6-15-10)11(13)14/h2-6H,1H3,(H,13,14). The van der Waals surface area contributed by atoms with Crippen LogP contribution in [-0.2, 0) is 0 Å². The van der Waals surface area contributed by atoms with E-state index in [1.165, 1.54) is 0 Å². The number of rotatable bonds is 2. The smallest absolute Gasteiger partial charge is 0.357 e. The molecule has 0 saturated heterocycles. The zero-order valence-electron chi connectivity index (χ0n) is 8.10. The molecular weight excluding hydrogens is 194 g/mol. The van der Waals surface area contributed by atoms with E-state index in [1.807, 2.05) is 31.2 Å². The Morgan fingerprint density at radius 3 is 2.87 bits per heavy atom. The minimum atomic E-state index is -1.09. The quantitative estimate of drug-likeness (QED) is 0.813. The number of carboxylic acids is 1. The summed E-state index contributed by atoms with van der Waals surface area (Å²) < 4.78 is 5.08. The van der Waals surface area contributed by atoms with Gasteiger partial charge in [-0.15, -0.1) is 0 Å². The molecule has 76 valence electrons. The minimum Gasteiger partial charge on any atom is -0.476 e. The molecule has 15 heavy (non-hydrogen) atoms. The molecule has 4 nitrogen and oxygen atoms in total. The van der Waals surface area contributed by atoms with Crippen molar-refractivity contribution < 1.29 is 14.3 Å². The van der Waals surface area contributed by atoms with Crippen molar-refractivity contribution in [3.8, 4) is 11.5 Å². The Kier molecular flexibility index (Phi) is 2.25. The fraction of sp³-hybridized carbons (Fsp3) is 0.0909. The van der Waals surface area contributed by atoms with Crippen molar-refractivity contribution in [3.63, 3.8) is 0 Å². The molecule has 0 radical (unpaired) electrons. The largest absolute Gasteiger partial charge is 0.476 e. The molecule has 0 bridgehead atoms. The summed E-state index contributed by atoms with van der Waals surface area (Å²) in [6.45, 7) is 1.95. The van der Waals surface area contributed by atoms with E-state index in [-0.39, 0.29) is 5.69 Å². The van der Waals surface area contributed by atoms with Crippen molar-refractivity contribution in [3.05, 3.63) is 41.8 Å². The molecule has 4 heteroatoms. The van der Waals surface area contributed by atoms with Gasteiger partial charge in [0.15, 0.2) is 5.69 Å². The first-order valence-corrected chi connectivity index (χ1v) is 4.42. The van der Waals surface area contributed by atoms with Gasteiger partial charge in [-0.05, 0) is 19.1 Å². The van der Waals surface area contributed by atoms with Gasteiger partial charge >= 0.3 is 5.97 Å². The monoisotopic (exact) mass is 203 g/mol. The van der Waals surface area contributed by atoms with Gasteiger partial charge in [0.05, 0.1) is 0 Å². The van der Waals surface area contributed by atoms with Crippen LogP contribution in [0.1, 0.15) is 16.1 Å². The van der Waals surface area contributed by atoms with Crippen LogP contribution in [0.25, 0.3) is 11.5 Å². The van der Waals surface area contributed by atoms with E-state index in [1.54, 1.807) is 0 Å². The molecule has 0 aliphatic heterocycles. The predicted octanol–water partition coefficient (Wildman–Crippen LogP) is 2.35. The Labute approximate surface area is 86.2 Å². The van der Waals surface area contributed by atoms with E-state index >= 15 is 0 Å². The van der Waals surface area contributed by atoms with Crippen LogP contribution in [0.15, 0.2) is 34.9 Å². The lowest BCUT2D eigenvalue weighted by Gasteiger charge is -1.95. The summed E-state index contributed by atoms with van der Waals surface area (Å²) in [7, 11) is 0. The van der Waals surface area contributed by atoms with E-state index in [4.69, 9.17) is 9.52 Å². The average Bonchev–Trinajstić information content (AvgIpc) is 2.66. The van der Waals surface area contributed by atoms with E-state index < -0.39 is 5.97 Å². The molecule has 1 heterocycles. The summed E-state index contributed by atoms with van der Waals surface area (Å²) in [5, 5.41) is 8.68. The van der Waals surface area contributed by atoms with Crippen molar-refractivity contribution in [2.75, 3.05) is 0 Å². The lowest BCUT2D eigenvalue weighted by atomic mass is 10.1. The molecule has 2 rings (SSSR count). The number of aryl methyl sites for hydroxylation is 1. The van der Waals surface area contributed by atoms with Crippen LogP contribution in [0.4, 0.5) is 0 Å². The first-order valence-electron chi connectivity index (χ1n) is 4.42. The maximum atomic E-state index is 10.6. The molecular formula is C11H9NO3. The summed E-state index contributed by atoms with van der Waals surface area (Å²) in [5.41, 5.74) is 1.77. The summed E-state index contributed by atoms with van der Waals surface area (Å²) in [4.78, 5) is 14.4. The predicted molar refractivity (Wildman–Crippen MR) is 53.6 cm³/mol. The first kappa shape index (κ1) is 9.45. The number of benzene rings is 1. The lowest BCUT2D eigenvalue weighted by molar-refractivity contribution is 0.0690. The van der Waals surface area contributed by atoms with Crippen molar-refractivity contribution in [1.82, 2.24) is 4.98 Å². The topological polar surface area (TPSA) is 63.3 Å².